The Kier molecular flexibility index (Phi) is 4.68. The molecule has 0 aromatic carbocycles. The molecule has 1 amide bonds. The van der Waals surface area contributed by atoms with Crippen molar-refractivity contribution in [3.8, 4) is 0 Å². The lowest BCUT2D eigenvalue weighted by molar-refractivity contribution is 0.0906. The van der Waals surface area contributed by atoms with E-state index >= 15 is 0 Å². The zero-order chi connectivity index (χ0) is 13.7. The van der Waals surface area contributed by atoms with Crippen molar-refractivity contribution in [3.63, 3.8) is 0 Å². The predicted molar refractivity (Wildman–Crippen MR) is 69.6 cm³/mol. The second-order valence-corrected chi connectivity index (χ2v) is 4.57. The van der Waals surface area contributed by atoms with Gasteiger partial charge in [0.15, 0.2) is 0 Å². The molecule has 0 atom stereocenters. The van der Waals surface area contributed by atoms with Gasteiger partial charge in [0.2, 0.25) is 0 Å². The van der Waals surface area contributed by atoms with Crippen LogP contribution in [0, 0.1) is 11.7 Å². The summed E-state index contributed by atoms with van der Waals surface area (Å²) in [5.74, 6) is 0.178. The van der Waals surface area contributed by atoms with E-state index in [0.717, 1.165) is 12.8 Å². The topological polar surface area (TPSA) is 63.2 Å². The number of aromatic nitrogens is 1. The van der Waals surface area contributed by atoms with Crippen LogP contribution in [-0.4, -0.2) is 37.7 Å². The number of halogens is 1. The summed E-state index contributed by atoms with van der Waals surface area (Å²) in [5, 5.41) is 5.44. The van der Waals surface area contributed by atoms with Crippen molar-refractivity contribution in [2.45, 2.75) is 12.8 Å². The first-order chi connectivity index (χ1) is 9.20. The fraction of sp³-hybridized carbons (Fsp3) is 0.538. The smallest absolute Gasteiger partial charge is 0.255 e. The van der Waals surface area contributed by atoms with Crippen LogP contribution in [0.3, 0.4) is 0 Å². The normalized spacial score (nSPS) is 14.2. The Labute approximate surface area is 111 Å². The first-order valence-corrected chi connectivity index (χ1v) is 6.40. The highest BCUT2D eigenvalue weighted by Crippen LogP contribution is 2.28. The number of hydrogen-bond donors (Lipinski definition) is 2. The summed E-state index contributed by atoms with van der Waals surface area (Å²) >= 11 is 0. The van der Waals surface area contributed by atoms with Gasteiger partial charge in [-0.05, 0) is 24.8 Å². The lowest BCUT2D eigenvalue weighted by Crippen LogP contribution is -2.28. The van der Waals surface area contributed by atoms with Crippen molar-refractivity contribution in [2.24, 2.45) is 5.92 Å². The third kappa shape index (κ3) is 4.17. The Morgan fingerprint density at radius 2 is 2.37 bits per heavy atom. The summed E-state index contributed by atoms with van der Waals surface area (Å²) in [5.41, 5.74) is 0.199. The van der Waals surface area contributed by atoms with E-state index < -0.39 is 5.82 Å². The SMILES string of the molecule is CNc1ncc(F)cc1C(=O)NCCOCC1CC1. The van der Waals surface area contributed by atoms with Gasteiger partial charge in [0, 0.05) is 20.2 Å². The molecule has 2 N–H and O–H groups in total. The molecular formula is C13H18FN3O2. The third-order valence-corrected chi connectivity index (χ3v) is 2.92. The van der Waals surface area contributed by atoms with Gasteiger partial charge in [-0.15, -0.1) is 0 Å². The van der Waals surface area contributed by atoms with Gasteiger partial charge in [-0.2, -0.15) is 0 Å². The molecule has 1 fully saturated rings. The highest BCUT2D eigenvalue weighted by Gasteiger charge is 2.21. The number of nitrogens with zero attached hydrogens (tertiary/aromatic N) is 1. The van der Waals surface area contributed by atoms with Crippen LogP contribution < -0.4 is 10.6 Å². The quantitative estimate of drug-likeness (QED) is 0.733. The molecule has 0 radical (unpaired) electrons. The van der Waals surface area contributed by atoms with Crippen LogP contribution in [0.15, 0.2) is 12.3 Å². The molecule has 0 aliphatic heterocycles. The summed E-state index contributed by atoms with van der Waals surface area (Å²) in [6.45, 7) is 1.64. The minimum atomic E-state index is -0.533. The fourth-order valence-corrected chi connectivity index (χ4v) is 1.68. The van der Waals surface area contributed by atoms with Gasteiger partial charge in [0.25, 0.3) is 5.91 Å². The molecular weight excluding hydrogens is 249 g/mol. The molecule has 6 heteroatoms. The summed E-state index contributed by atoms with van der Waals surface area (Å²) < 4.78 is 18.5. The van der Waals surface area contributed by atoms with E-state index in [1.54, 1.807) is 7.05 Å². The number of pyridine rings is 1. The van der Waals surface area contributed by atoms with Crippen molar-refractivity contribution >= 4 is 11.7 Å². The second kappa shape index (κ2) is 6.47. The molecule has 1 aromatic rings. The minimum Gasteiger partial charge on any atom is -0.379 e. The maximum atomic E-state index is 13.1. The molecule has 1 aliphatic rings. The number of rotatable bonds is 7. The maximum absolute atomic E-state index is 13.1. The monoisotopic (exact) mass is 267 g/mol. The van der Waals surface area contributed by atoms with Crippen LogP contribution in [-0.2, 0) is 4.74 Å². The van der Waals surface area contributed by atoms with Crippen LogP contribution in [0.4, 0.5) is 10.2 Å². The molecule has 0 spiro atoms. The van der Waals surface area contributed by atoms with Crippen molar-refractivity contribution < 1.29 is 13.9 Å². The van der Waals surface area contributed by atoms with Gasteiger partial charge in [-0.1, -0.05) is 0 Å². The zero-order valence-corrected chi connectivity index (χ0v) is 10.9. The fourth-order valence-electron chi connectivity index (χ4n) is 1.68. The summed E-state index contributed by atoms with van der Waals surface area (Å²) in [4.78, 5) is 15.7. The Balaban J connectivity index is 1.79. The lowest BCUT2D eigenvalue weighted by atomic mass is 10.2. The van der Waals surface area contributed by atoms with Crippen molar-refractivity contribution in [1.29, 1.82) is 0 Å². The number of ether oxygens (including phenoxy) is 1. The standard InChI is InChI=1S/C13H18FN3O2/c1-15-12-11(6-10(14)7-17-12)13(18)16-4-5-19-8-9-2-3-9/h6-7,9H,2-5,8H2,1H3,(H,15,17)(H,16,18). The highest BCUT2D eigenvalue weighted by molar-refractivity contribution is 5.98. The van der Waals surface area contributed by atoms with E-state index in [1.165, 1.54) is 18.9 Å². The molecule has 1 aliphatic carbocycles. The van der Waals surface area contributed by atoms with Gasteiger partial charge in [0.1, 0.15) is 11.6 Å². The zero-order valence-electron chi connectivity index (χ0n) is 10.9. The van der Waals surface area contributed by atoms with Gasteiger partial charge in [0.05, 0.1) is 18.4 Å². The minimum absolute atomic E-state index is 0.199. The van der Waals surface area contributed by atoms with E-state index in [0.29, 0.717) is 24.9 Å². The number of carbonyl (C=O) groups is 1. The molecule has 0 bridgehead atoms. The van der Waals surface area contributed by atoms with E-state index in [-0.39, 0.29) is 11.5 Å². The van der Waals surface area contributed by atoms with E-state index in [2.05, 4.69) is 15.6 Å². The van der Waals surface area contributed by atoms with E-state index in [1.807, 2.05) is 0 Å². The number of amides is 1. The van der Waals surface area contributed by atoms with Crippen LogP contribution in [0.5, 0.6) is 0 Å². The molecule has 0 saturated heterocycles. The van der Waals surface area contributed by atoms with Crippen LogP contribution in [0.25, 0.3) is 0 Å². The molecule has 1 aromatic heterocycles. The van der Waals surface area contributed by atoms with Gasteiger partial charge >= 0.3 is 0 Å². The van der Waals surface area contributed by atoms with Gasteiger partial charge < -0.3 is 15.4 Å². The third-order valence-electron chi connectivity index (χ3n) is 2.92. The molecule has 104 valence electrons. The van der Waals surface area contributed by atoms with Crippen LogP contribution in [0.2, 0.25) is 0 Å². The van der Waals surface area contributed by atoms with E-state index in [9.17, 15) is 9.18 Å². The second-order valence-electron chi connectivity index (χ2n) is 4.57. The molecule has 2 rings (SSSR count). The number of nitrogens with one attached hydrogen (secondary N) is 2. The van der Waals surface area contributed by atoms with Crippen molar-refractivity contribution in [2.75, 3.05) is 32.1 Å². The Morgan fingerprint density at radius 1 is 1.58 bits per heavy atom. The molecule has 1 saturated carbocycles. The average Bonchev–Trinajstić information content (AvgIpc) is 3.22. The summed E-state index contributed by atoms with van der Waals surface area (Å²) in [7, 11) is 1.63. The van der Waals surface area contributed by atoms with E-state index in [4.69, 9.17) is 4.74 Å². The number of hydrogen-bond acceptors (Lipinski definition) is 4. The Morgan fingerprint density at radius 3 is 3.05 bits per heavy atom. The first kappa shape index (κ1) is 13.7. The van der Waals surface area contributed by atoms with Crippen molar-refractivity contribution in [3.05, 3.63) is 23.6 Å². The molecule has 5 nitrogen and oxygen atoms in total. The predicted octanol–water partition coefficient (Wildman–Crippen LogP) is 1.42. The van der Waals surface area contributed by atoms with Crippen LogP contribution >= 0.6 is 0 Å². The number of anilines is 1. The highest BCUT2D eigenvalue weighted by atomic mass is 19.1. The summed E-state index contributed by atoms with van der Waals surface area (Å²) in [6.07, 6.45) is 3.56. The molecule has 1 heterocycles. The first-order valence-electron chi connectivity index (χ1n) is 6.40. The van der Waals surface area contributed by atoms with Gasteiger partial charge in [-0.25, -0.2) is 9.37 Å². The Hall–Kier alpha value is -1.69. The Bertz CT molecular complexity index is 450. The lowest BCUT2D eigenvalue weighted by Gasteiger charge is -2.09. The molecule has 0 unspecified atom stereocenters. The average molecular weight is 267 g/mol. The van der Waals surface area contributed by atoms with Gasteiger partial charge in [-0.3, -0.25) is 4.79 Å². The maximum Gasteiger partial charge on any atom is 0.255 e. The summed E-state index contributed by atoms with van der Waals surface area (Å²) in [6, 6.07) is 1.17. The largest absolute Gasteiger partial charge is 0.379 e. The van der Waals surface area contributed by atoms with Crippen molar-refractivity contribution in [1.82, 2.24) is 10.3 Å². The van der Waals surface area contributed by atoms with Crippen LogP contribution in [0.1, 0.15) is 23.2 Å². The number of carbonyl (C=O) groups excluding carboxylic acids is 1. The molecule has 19 heavy (non-hydrogen) atoms.